The first-order chi connectivity index (χ1) is 13.3. The number of nitrogens with zero attached hydrogens (tertiary/aromatic N) is 4. The second-order valence-electron chi connectivity index (χ2n) is 6.84. The number of imidazole rings is 1. The predicted molar refractivity (Wildman–Crippen MR) is 99.5 cm³/mol. The minimum Gasteiger partial charge on any atom is -0.367 e. The van der Waals surface area contributed by atoms with Gasteiger partial charge in [0, 0.05) is 44.3 Å². The lowest BCUT2D eigenvalue weighted by Crippen LogP contribution is -2.49. The summed E-state index contributed by atoms with van der Waals surface area (Å²) >= 11 is 0. The fourth-order valence-electron chi connectivity index (χ4n) is 3.56. The molecule has 1 aliphatic rings. The topological polar surface area (TPSA) is 40.9 Å². The highest BCUT2D eigenvalue weighted by molar-refractivity contribution is 5.93. The number of benzene rings is 1. The fraction of sp³-hybridized carbons (Fsp3) is 0.300. The minimum absolute atomic E-state index is 0.158. The summed E-state index contributed by atoms with van der Waals surface area (Å²) in [5.41, 5.74) is 1.55. The summed E-state index contributed by atoms with van der Waals surface area (Å²) in [5, 5.41) is 0. The van der Waals surface area contributed by atoms with Crippen molar-refractivity contribution in [2.45, 2.75) is 13.1 Å². The molecule has 3 aromatic rings. The molecule has 0 N–H and O–H groups in total. The summed E-state index contributed by atoms with van der Waals surface area (Å²) < 4.78 is 41.6. The number of hydrogen-bond donors (Lipinski definition) is 0. The van der Waals surface area contributed by atoms with Crippen molar-refractivity contribution in [3.63, 3.8) is 0 Å². The first kappa shape index (κ1) is 18.3. The van der Waals surface area contributed by atoms with Crippen molar-refractivity contribution in [1.82, 2.24) is 14.3 Å². The van der Waals surface area contributed by atoms with Gasteiger partial charge in [0.1, 0.15) is 11.3 Å². The van der Waals surface area contributed by atoms with E-state index in [9.17, 15) is 18.0 Å². The monoisotopic (exact) mass is 388 g/mol. The van der Waals surface area contributed by atoms with Crippen LogP contribution in [0, 0.1) is 6.92 Å². The van der Waals surface area contributed by atoms with Crippen LogP contribution in [0.1, 0.15) is 21.6 Å². The van der Waals surface area contributed by atoms with Gasteiger partial charge in [-0.3, -0.25) is 4.79 Å². The lowest BCUT2D eigenvalue weighted by atomic mass is 10.1. The number of anilines is 1. The van der Waals surface area contributed by atoms with Gasteiger partial charge in [-0.1, -0.05) is 18.2 Å². The Morgan fingerprint density at radius 2 is 1.75 bits per heavy atom. The van der Waals surface area contributed by atoms with Crippen molar-refractivity contribution in [3.8, 4) is 0 Å². The van der Waals surface area contributed by atoms with Crippen LogP contribution >= 0.6 is 0 Å². The van der Waals surface area contributed by atoms with E-state index in [0.29, 0.717) is 31.9 Å². The molecular weight excluding hydrogens is 369 g/mol. The standard InChI is InChI=1S/C20H19F3N4O/c1-14-5-4-8-27-13-16(24-18(14)27)19(28)26-11-9-25(10-12-26)17-7-3-2-6-15(17)20(21,22)23/h2-8,13H,9-12H2,1H3. The van der Waals surface area contributed by atoms with Gasteiger partial charge in [0.2, 0.25) is 0 Å². The zero-order chi connectivity index (χ0) is 19.9. The van der Waals surface area contributed by atoms with Crippen LogP contribution in [0.25, 0.3) is 5.65 Å². The Balaban J connectivity index is 1.50. The number of fused-ring (bicyclic) bond motifs is 1. The summed E-state index contributed by atoms with van der Waals surface area (Å²) in [6.45, 7) is 3.29. The third kappa shape index (κ3) is 3.30. The predicted octanol–water partition coefficient (Wildman–Crippen LogP) is 3.62. The average molecular weight is 388 g/mol. The van der Waals surface area contributed by atoms with Crippen LogP contribution in [-0.4, -0.2) is 46.4 Å². The molecule has 3 heterocycles. The number of rotatable bonds is 2. The molecule has 28 heavy (non-hydrogen) atoms. The number of para-hydroxylation sites is 1. The molecule has 0 atom stereocenters. The molecule has 0 radical (unpaired) electrons. The SMILES string of the molecule is Cc1cccn2cc(C(=O)N3CCN(c4ccccc4C(F)(F)F)CC3)nc12. The fourth-order valence-corrected chi connectivity index (χ4v) is 3.56. The Morgan fingerprint density at radius 1 is 1.04 bits per heavy atom. The van der Waals surface area contributed by atoms with Crippen molar-refractivity contribution in [2.75, 3.05) is 31.1 Å². The first-order valence-electron chi connectivity index (χ1n) is 8.99. The first-order valence-corrected chi connectivity index (χ1v) is 8.99. The lowest BCUT2D eigenvalue weighted by Gasteiger charge is -2.36. The minimum atomic E-state index is -4.40. The van der Waals surface area contributed by atoms with E-state index in [1.54, 1.807) is 26.5 Å². The maximum absolute atomic E-state index is 13.3. The third-order valence-corrected chi connectivity index (χ3v) is 5.01. The molecule has 1 amide bonds. The zero-order valence-electron chi connectivity index (χ0n) is 15.3. The van der Waals surface area contributed by atoms with E-state index in [-0.39, 0.29) is 11.6 Å². The number of amides is 1. The molecule has 0 saturated carbocycles. The van der Waals surface area contributed by atoms with Crippen molar-refractivity contribution < 1.29 is 18.0 Å². The van der Waals surface area contributed by atoms with Gasteiger partial charge >= 0.3 is 6.18 Å². The molecule has 0 aliphatic carbocycles. The van der Waals surface area contributed by atoms with Crippen molar-refractivity contribution in [2.24, 2.45) is 0 Å². The van der Waals surface area contributed by atoms with Gasteiger partial charge in [0.15, 0.2) is 0 Å². The maximum Gasteiger partial charge on any atom is 0.418 e. The number of aromatic nitrogens is 2. The molecule has 4 rings (SSSR count). The summed E-state index contributed by atoms with van der Waals surface area (Å²) in [4.78, 5) is 20.5. The van der Waals surface area contributed by atoms with Crippen LogP contribution in [0.5, 0.6) is 0 Å². The molecule has 0 spiro atoms. The van der Waals surface area contributed by atoms with Crippen LogP contribution in [0.3, 0.4) is 0 Å². The van der Waals surface area contributed by atoms with Gasteiger partial charge < -0.3 is 14.2 Å². The van der Waals surface area contributed by atoms with Gasteiger partial charge in [-0.15, -0.1) is 0 Å². The number of hydrogen-bond acceptors (Lipinski definition) is 3. The Hall–Kier alpha value is -3.03. The van der Waals surface area contributed by atoms with Gasteiger partial charge in [0.25, 0.3) is 5.91 Å². The summed E-state index contributed by atoms with van der Waals surface area (Å²) in [5.74, 6) is -0.202. The molecule has 0 bridgehead atoms. The van der Waals surface area contributed by atoms with E-state index in [0.717, 1.165) is 17.3 Å². The lowest BCUT2D eigenvalue weighted by molar-refractivity contribution is -0.137. The highest BCUT2D eigenvalue weighted by atomic mass is 19.4. The Bertz CT molecular complexity index is 1020. The van der Waals surface area contributed by atoms with Crippen LogP contribution in [-0.2, 0) is 6.18 Å². The summed E-state index contributed by atoms with van der Waals surface area (Å²) in [6.07, 6.45) is -0.883. The largest absolute Gasteiger partial charge is 0.418 e. The number of halogens is 3. The Morgan fingerprint density at radius 3 is 2.43 bits per heavy atom. The van der Waals surface area contributed by atoms with E-state index in [2.05, 4.69) is 4.98 Å². The Labute approximate surface area is 160 Å². The van der Waals surface area contributed by atoms with Gasteiger partial charge in [-0.25, -0.2) is 4.98 Å². The highest BCUT2D eigenvalue weighted by Gasteiger charge is 2.35. The summed E-state index contributed by atoms with van der Waals surface area (Å²) in [6, 6.07) is 9.36. The van der Waals surface area contributed by atoms with Crippen LogP contribution in [0.2, 0.25) is 0 Å². The van der Waals surface area contributed by atoms with Crippen LogP contribution < -0.4 is 4.90 Å². The number of pyridine rings is 1. The molecule has 1 saturated heterocycles. The summed E-state index contributed by atoms with van der Waals surface area (Å²) in [7, 11) is 0. The van der Waals surface area contributed by atoms with E-state index >= 15 is 0 Å². The number of piperazine rings is 1. The van der Waals surface area contributed by atoms with Gasteiger partial charge in [0.05, 0.1) is 5.56 Å². The Kier molecular flexibility index (Phi) is 4.49. The molecule has 1 aliphatic heterocycles. The van der Waals surface area contributed by atoms with E-state index in [4.69, 9.17) is 0 Å². The third-order valence-electron chi connectivity index (χ3n) is 5.01. The van der Waals surface area contributed by atoms with Gasteiger partial charge in [-0.2, -0.15) is 13.2 Å². The number of carbonyl (C=O) groups excluding carboxylic acids is 1. The normalized spacial score (nSPS) is 15.3. The molecule has 146 valence electrons. The smallest absolute Gasteiger partial charge is 0.367 e. The molecule has 8 heteroatoms. The van der Waals surface area contributed by atoms with E-state index < -0.39 is 11.7 Å². The molecule has 2 aromatic heterocycles. The van der Waals surface area contributed by atoms with E-state index in [1.165, 1.54) is 12.1 Å². The number of aryl methyl sites for hydroxylation is 1. The number of alkyl halides is 3. The van der Waals surface area contributed by atoms with Crippen molar-refractivity contribution in [3.05, 3.63) is 65.6 Å². The van der Waals surface area contributed by atoms with Gasteiger partial charge in [-0.05, 0) is 30.7 Å². The second kappa shape index (κ2) is 6.85. The average Bonchev–Trinajstić information content (AvgIpc) is 3.13. The maximum atomic E-state index is 13.3. The van der Waals surface area contributed by atoms with E-state index in [1.807, 2.05) is 25.3 Å². The molecule has 1 fully saturated rings. The zero-order valence-corrected chi connectivity index (χ0v) is 15.3. The molecule has 5 nitrogen and oxygen atoms in total. The van der Waals surface area contributed by atoms with Crippen molar-refractivity contribution in [1.29, 1.82) is 0 Å². The number of carbonyl (C=O) groups is 1. The molecule has 1 aromatic carbocycles. The molecule has 0 unspecified atom stereocenters. The van der Waals surface area contributed by atoms with Crippen LogP contribution in [0.4, 0.5) is 18.9 Å². The second-order valence-corrected chi connectivity index (χ2v) is 6.84. The van der Waals surface area contributed by atoms with Crippen molar-refractivity contribution >= 4 is 17.2 Å². The van der Waals surface area contributed by atoms with Crippen LogP contribution in [0.15, 0.2) is 48.8 Å². The highest BCUT2D eigenvalue weighted by Crippen LogP contribution is 2.36. The molecular formula is C20H19F3N4O. The quantitative estimate of drug-likeness (QED) is 0.673.